The number of aromatic amines is 1. The lowest BCUT2D eigenvalue weighted by atomic mass is 10.0. The molecule has 29 heavy (non-hydrogen) atoms. The topological polar surface area (TPSA) is 120 Å². The predicted octanol–water partition coefficient (Wildman–Crippen LogP) is 3.45. The third kappa shape index (κ3) is 3.60. The highest BCUT2D eigenvalue weighted by Gasteiger charge is 2.30. The second-order valence-corrected chi connectivity index (χ2v) is 6.97. The molecular formula is C22H20N6O. The number of nitrogens with one attached hydrogen (secondary N) is 2. The van der Waals surface area contributed by atoms with Gasteiger partial charge in [0.2, 0.25) is 5.91 Å². The SMILES string of the molecule is CN=C/C(=C\N)c1cnc2[nH]cc(-c3ccc(NC(=O)C4CC4)c(C#N)c3)c2c1. The summed E-state index contributed by atoms with van der Waals surface area (Å²) in [6, 6.07) is 9.63. The van der Waals surface area contributed by atoms with E-state index in [9.17, 15) is 10.1 Å². The molecule has 4 rings (SSSR count). The molecule has 1 aliphatic carbocycles. The van der Waals surface area contributed by atoms with Crippen LogP contribution in [0.25, 0.3) is 27.7 Å². The maximum Gasteiger partial charge on any atom is 0.227 e. The molecule has 1 aromatic carbocycles. The number of hydrogen-bond acceptors (Lipinski definition) is 5. The molecule has 0 saturated heterocycles. The molecule has 1 saturated carbocycles. The maximum absolute atomic E-state index is 12.1. The van der Waals surface area contributed by atoms with Gasteiger partial charge in [0.25, 0.3) is 0 Å². The van der Waals surface area contributed by atoms with Gasteiger partial charge >= 0.3 is 0 Å². The first-order valence-corrected chi connectivity index (χ1v) is 9.31. The number of pyridine rings is 1. The summed E-state index contributed by atoms with van der Waals surface area (Å²) in [5.41, 5.74) is 10.8. The highest BCUT2D eigenvalue weighted by Crippen LogP contribution is 2.33. The normalized spacial score (nSPS) is 14.3. The van der Waals surface area contributed by atoms with Crippen molar-refractivity contribution in [1.82, 2.24) is 9.97 Å². The van der Waals surface area contributed by atoms with Crippen LogP contribution in [0.2, 0.25) is 0 Å². The summed E-state index contributed by atoms with van der Waals surface area (Å²) in [5, 5.41) is 13.3. The van der Waals surface area contributed by atoms with Crippen LogP contribution in [0.15, 0.2) is 47.9 Å². The van der Waals surface area contributed by atoms with Crippen molar-refractivity contribution >= 4 is 34.4 Å². The minimum Gasteiger partial charge on any atom is -0.404 e. The summed E-state index contributed by atoms with van der Waals surface area (Å²) in [6.07, 6.45) is 8.60. The molecule has 0 bridgehead atoms. The quantitative estimate of drug-likeness (QED) is 0.583. The second-order valence-electron chi connectivity index (χ2n) is 6.97. The summed E-state index contributed by atoms with van der Waals surface area (Å²) in [6.45, 7) is 0. The molecule has 3 aromatic rings. The first-order valence-electron chi connectivity index (χ1n) is 9.31. The fourth-order valence-corrected chi connectivity index (χ4v) is 3.25. The fraction of sp³-hybridized carbons (Fsp3) is 0.182. The summed E-state index contributed by atoms with van der Waals surface area (Å²) in [4.78, 5) is 23.7. The zero-order valence-corrected chi connectivity index (χ0v) is 15.9. The molecule has 1 amide bonds. The van der Waals surface area contributed by atoms with Crippen LogP contribution in [0, 0.1) is 17.2 Å². The molecule has 0 atom stereocenters. The minimum atomic E-state index is -0.0196. The Bertz CT molecular complexity index is 1190. The van der Waals surface area contributed by atoms with Gasteiger partial charge in [0.1, 0.15) is 11.7 Å². The van der Waals surface area contributed by atoms with Gasteiger partial charge < -0.3 is 16.0 Å². The van der Waals surface area contributed by atoms with Gasteiger partial charge in [-0.25, -0.2) is 4.98 Å². The van der Waals surface area contributed by atoms with Crippen molar-refractivity contribution in [2.24, 2.45) is 16.6 Å². The number of rotatable bonds is 5. The number of fused-ring (bicyclic) bond motifs is 1. The molecule has 1 fully saturated rings. The summed E-state index contributed by atoms with van der Waals surface area (Å²) in [7, 11) is 1.68. The number of allylic oxidation sites excluding steroid dienone is 1. The number of aliphatic imine (C=N–C) groups is 1. The van der Waals surface area contributed by atoms with E-state index in [1.54, 1.807) is 31.6 Å². The van der Waals surface area contributed by atoms with Crippen molar-refractivity contribution in [1.29, 1.82) is 5.26 Å². The van der Waals surface area contributed by atoms with E-state index in [2.05, 4.69) is 26.3 Å². The number of nitrogens with two attached hydrogens (primary N) is 1. The molecule has 2 aromatic heterocycles. The van der Waals surface area contributed by atoms with Crippen molar-refractivity contribution in [3.8, 4) is 17.2 Å². The lowest BCUT2D eigenvalue weighted by Crippen LogP contribution is -2.14. The minimum absolute atomic E-state index is 0.0196. The molecule has 0 radical (unpaired) electrons. The Balaban J connectivity index is 1.74. The number of aromatic nitrogens is 2. The van der Waals surface area contributed by atoms with E-state index in [4.69, 9.17) is 5.73 Å². The number of amides is 1. The molecule has 4 N–H and O–H groups in total. The summed E-state index contributed by atoms with van der Waals surface area (Å²) < 4.78 is 0. The molecule has 144 valence electrons. The third-order valence-electron chi connectivity index (χ3n) is 4.97. The van der Waals surface area contributed by atoms with Crippen LogP contribution in [0.5, 0.6) is 0 Å². The largest absolute Gasteiger partial charge is 0.404 e. The van der Waals surface area contributed by atoms with E-state index in [-0.39, 0.29) is 11.8 Å². The predicted molar refractivity (Wildman–Crippen MR) is 114 cm³/mol. The molecule has 0 aliphatic heterocycles. The Hall–Kier alpha value is -3.92. The van der Waals surface area contributed by atoms with Gasteiger partial charge in [-0.2, -0.15) is 5.26 Å². The molecule has 7 heteroatoms. The molecule has 1 aliphatic rings. The zero-order chi connectivity index (χ0) is 20.4. The lowest BCUT2D eigenvalue weighted by Gasteiger charge is -2.09. The number of carbonyl (C=O) groups excluding carboxylic acids is 1. The van der Waals surface area contributed by atoms with Crippen LogP contribution in [0.3, 0.4) is 0 Å². The highest BCUT2D eigenvalue weighted by atomic mass is 16.2. The Kier molecular flexibility index (Phi) is 4.83. The van der Waals surface area contributed by atoms with Crippen molar-refractivity contribution < 1.29 is 4.79 Å². The van der Waals surface area contributed by atoms with Crippen LogP contribution in [-0.4, -0.2) is 29.1 Å². The van der Waals surface area contributed by atoms with Crippen molar-refractivity contribution in [3.63, 3.8) is 0 Å². The number of nitrogens with zero attached hydrogens (tertiary/aromatic N) is 3. The number of carbonyl (C=O) groups is 1. The second kappa shape index (κ2) is 7.60. The van der Waals surface area contributed by atoms with Gasteiger partial charge in [-0.1, -0.05) is 6.07 Å². The first kappa shape index (κ1) is 18.4. The van der Waals surface area contributed by atoms with Gasteiger partial charge in [0, 0.05) is 59.9 Å². The highest BCUT2D eigenvalue weighted by molar-refractivity contribution is 6.11. The van der Waals surface area contributed by atoms with Gasteiger partial charge in [-0.3, -0.25) is 9.79 Å². The monoisotopic (exact) mass is 384 g/mol. The molecule has 2 heterocycles. The fourth-order valence-electron chi connectivity index (χ4n) is 3.25. The van der Waals surface area contributed by atoms with Crippen molar-refractivity contribution in [2.75, 3.05) is 12.4 Å². The Morgan fingerprint density at radius 2 is 2.24 bits per heavy atom. The van der Waals surface area contributed by atoms with Gasteiger partial charge in [-0.05, 0) is 36.6 Å². The first-order chi connectivity index (χ1) is 14.1. The van der Waals surface area contributed by atoms with Crippen molar-refractivity contribution in [2.45, 2.75) is 12.8 Å². The van der Waals surface area contributed by atoms with E-state index in [0.717, 1.165) is 46.1 Å². The number of benzene rings is 1. The molecule has 7 nitrogen and oxygen atoms in total. The van der Waals surface area contributed by atoms with E-state index in [1.165, 1.54) is 6.20 Å². The zero-order valence-electron chi connectivity index (χ0n) is 15.9. The van der Waals surface area contributed by atoms with E-state index < -0.39 is 0 Å². The summed E-state index contributed by atoms with van der Waals surface area (Å²) >= 11 is 0. The third-order valence-corrected chi connectivity index (χ3v) is 4.97. The van der Waals surface area contributed by atoms with Gasteiger partial charge in [-0.15, -0.1) is 0 Å². The molecule has 0 unspecified atom stereocenters. The van der Waals surface area contributed by atoms with Gasteiger partial charge in [0.05, 0.1) is 11.3 Å². The van der Waals surface area contributed by atoms with Crippen molar-refractivity contribution in [3.05, 3.63) is 54.0 Å². The smallest absolute Gasteiger partial charge is 0.227 e. The van der Waals surface area contributed by atoms with E-state index in [0.29, 0.717) is 11.3 Å². The van der Waals surface area contributed by atoms with Crippen LogP contribution in [0.4, 0.5) is 5.69 Å². The summed E-state index contributed by atoms with van der Waals surface area (Å²) in [5.74, 6) is 0.0599. The standard InChI is InChI=1S/C22H20N6O/c1-25-10-17(9-24)16-7-18-19(12-27-21(18)26-11-16)14-4-5-20(15(6-14)8-23)28-22(29)13-2-3-13/h4-7,9-13H,2-3,24H2,1H3,(H,26,27)(H,28,29)/b17-9+,25-10?. The molecular weight excluding hydrogens is 364 g/mol. The molecule has 0 spiro atoms. The van der Waals surface area contributed by atoms with Gasteiger partial charge in [0.15, 0.2) is 0 Å². The van der Waals surface area contributed by atoms with Crippen LogP contribution < -0.4 is 11.1 Å². The van der Waals surface area contributed by atoms with E-state index >= 15 is 0 Å². The van der Waals surface area contributed by atoms with Crippen LogP contribution in [-0.2, 0) is 4.79 Å². The number of hydrogen-bond donors (Lipinski definition) is 3. The Morgan fingerprint density at radius 3 is 2.93 bits per heavy atom. The number of H-pyrrole nitrogens is 1. The Morgan fingerprint density at radius 1 is 1.41 bits per heavy atom. The lowest BCUT2D eigenvalue weighted by molar-refractivity contribution is -0.117. The average molecular weight is 384 g/mol. The maximum atomic E-state index is 12.1. The van der Waals surface area contributed by atoms with E-state index in [1.807, 2.05) is 18.3 Å². The van der Waals surface area contributed by atoms with Crippen LogP contribution in [0.1, 0.15) is 24.0 Å². The number of nitriles is 1. The average Bonchev–Trinajstić information content (AvgIpc) is 3.52. The van der Waals surface area contributed by atoms with Crippen LogP contribution >= 0.6 is 0 Å². The number of anilines is 1. The Labute approximate surface area is 168 Å².